The Kier molecular flexibility index (Phi) is 5.97. The Morgan fingerprint density at radius 3 is 2.67 bits per heavy atom. The summed E-state index contributed by atoms with van der Waals surface area (Å²) in [7, 11) is 0. The van der Waals surface area contributed by atoms with Gasteiger partial charge in [-0.3, -0.25) is 19.1 Å². The third-order valence-corrected chi connectivity index (χ3v) is 7.20. The van der Waals surface area contributed by atoms with Gasteiger partial charge in [-0.05, 0) is 42.6 Å². The fourth-order valence-electron chi connectivity index (χ4n) is 3.75. The fourth-order valence-corrected chi connectivity index (χ4v) is 5.40. The quantitative estimate of drug-likeness (QED) is 0.419. The topological polar surface area (TPSA) is 80.1 Å². The molecule has 0 radical (unpaired) electrons. The van der Waals surface area contributed by atoms with Crippen LogP contribution < -0.4 is 10.2 Å². The molecule has 1 atom stereocenters. The number of carbonyl (C=O) groups excluding carboxylic acids is 2. The van der Waals surface area contributed by atoms with Crippen molar-refractivity contribution in [3.63, 3.8) is 0 Å². The first-order valence-corrected chi connectivity index (χ1v) is 12.2. The summed E-state index contributed by atoms with van der Waals surface area (Å²) in [6.45, 7) is 1.83. The summed E-state index contributed by atoms with van der Waals surface area (Å²) in [5.74, 6) is 0.461. The van der Waals surface area contributed by atoms with Gasteiger partial charge in [-0.25, -0.2) is 0 Å². The second kappa shape index (κ2) is 9.21. The van der Waals surface area contributed by atoms with Crippen molar-refractivity contribution in [1.29, 1.82) is 0 Å². The van der Waals surface area contributed by atoms with Gasteiger partial charge >= 0.3 is 0 Å². The normalized spacial score (nSPS) is 14.0. The Hall–Kier alpha value is -3.43. The Labute approximate surface area is 199 Å². The van der Waals surface area contributed by atoms with Crippen LogP contribution in [0.15, 0.2) is 77.3 Å². The molecule has 0 fully saturated rings. The highest BCUT2D eigenvalue weighted by atomic mass is 32.2. The summed E-state index contributed by atoms with van der Waals surface area (Å²) in [5.41, 5.74) is 2.29. The number of benzene rings is 2. The number of amides is 2. The minimum atomic E-state index is -0.467. The molecule has 2 aromatic heterocycles. The molecule has 5 rings (SSSR count). The van der Waals surface area contributed by atoms with E-state index in [9.17, 15) is 9.59 Å². The molecule has 9 heteroatoms. The zero-order valence-electron chi connectivity index (χ0n) is 17.8. The first-order chi connectivity index (χ1) is 16.1. The second-order valence-corrected chi connectivity index (χ2v) is 9.92. The van der Waals surface area contributed by atoms with E-state index < -0.39 is 5.25 Å². The van der Waals surface area contributed by atoms with Gasteiger partial charge in [0.25, 0.3) is 0 Å². The number of carbonyl (C=O) groups is 2. The van der Waals surface area contributed by atoms with Gasteiger partial charge in [0, 0.05) is 17.0 Å². The van der Waals surface area contributed by atoms with Crippen LogP contribution in [0, 0.1) is 0 Å². The molecule has 0 saturated carbocycles. The number of fused-ring (bicyclic) bond motifs is 1. The number of nitrogens with zero attached hydrogens (tertiary/aromatic N) is 4. The van der Waals surface area contributed by atoms with Crippen LogP contribution in [0.5, 0.6) is 0 Å². The molecular weight excluding hydrogens is 454 g/mol. The van der Waals surface area contributed by atoms with Crippen LogP contribution in [0.25, 0.3) is 5.69 Å². The van der Waals surface area contributed by atoms with Gasteiger partial charge in [0.2, 0.25) is 11.8 Å². The SMILES string of the molecule is C[C@@H](Sc1nnc(Cc2cccs2)n1-c1ccccc1)C(=O)N1CC(=O)Nc2ccccc21. The van der Waals surface area contributed by atoms with E-state index in [1.54, 1.807) is 22.3 Å². The Morgan fingerprint density at radius 2 is 1.88 bits per heavy atom. The number of rotatable bonds is 6. The van der Waals surface area contributed by atoms with Gasteiger partial charge in [-0.15, -0.1) is 21.5 Å². The van der Waals surface area contributed by atoms with E-state index in [2.05, 4.69) is 21.6 Å². The van der Waals surface area contributed by atoms with Crippen LogP contribution in [0.1, 0.15) is 17.6 Å². The van der Waals surface area contributed by atoms with Crippen molar-refractivity contribution >= 4 is 46.3 Å². The molecule has 1 aliphatic rings. The summed E-state index contributed by atoms with van der Waals surface area (Å²) in [4.78, 5) is 28.3. The minimum absolute atomic E-state index is 0.00422. The van der Waals surface area contributed by atoms with E-state index in [1.807, 2.05) is 71.5 Å². The molecular formula is C24H21N5O2S2. The maximum absolute atomic E-state index is 13.4. The largest absolute Gasteiger partial charge is 0.323 e. The second-order valence-electron chi connectivity index (χ2n) is 7.58. The fraction of sp³-hybridized carbons (Fsp3) is 0.167. The number of anilines is 2. The third-order valence-electron chi connectivity index (χ3n) is 5.29. The zero-order chi connectivity index (χ0) is 22.8. The van der Waals surface area contributed by atoms with Gasteiger partial charge in [-0.2, -0.15) is 0 Å². The summed E-state index contributed by atoms with van der Waals surface area (Å²) < 4.78 is 2.00. The van der Waals surface area contributed by atoms with E-state index in [1.165, 1.54) is 16.6 Å². The third kappa shape index (κ3) is 4.42. The maximum atomic E-state index is 13.4. The lowest BCUT2D eigenvalue weighted by atomic mass is 10.2. The molecule has 0 spiro atoms. The first kappa shape index (κ1) is 21.4. The predicted molar refractivity (Wildman–Crippen MR) is 131 cm³/mol. The average Bonchev–Trinajstić information content (AvgIpc) is 3.49. The summed E-state index contributed by atoms with van der Waals surface area (Å²) in [6.07, 6.45) is 0.655. The summed E-state index contributed by atoms with van der Waals surface area (Å²) in [5, 5.41) is 13.9. The molecule has 7 nitrogen and oxygen atoms in total. The van der Waals surface area contributed by atoms with Crippen LogP contribution in [-0.2, 0) is 16.0 Å². The van der Waals surface area contributed by atoms with Crippen molar-refractivity contribution < 1.29 is 9.59 Å². The molecule has 0 unspecified atom stereocenters. The van der Waals surface area contributed by atoms with E-state index in [0.29, 0.717) is 23.0 Å². The number of hydrogen-bond donors (Lipinski definition) is 1. The minimum Gasteiger partial charge on any atom is -0.323 e. The number of nitrogens with one attached hydrogen (secondary N) is 1. The monoisotopic (exact) mass is 475 g/mol. The zero-order valence-corrected chi connectivity index (χ0v) is 19.5. The molecule has 166 valence electrons. The van der Waals surface area contributed by atoms with E-state index in [4.69, 9.17) is 0 Å². The number of thioether (sulfide) groups is 1. The summed E-state index contributed by atoms with van der Waals surface area (Å²) >= 11 is 3.02. The van der Waals surface area contributed by atoms with Crippen LogP contribution in [0.3, 0.4) is 0 Å². The molecule has 2 aromatic carbocycles. The first-order valence-electron chi connectivity index (χ1n) is 10.5. The van der Waals surface area contributed by atoms with Gasteiger partial charge in [-0.1, -0.05) is 48.2 Å². The van der Waals surface area contributed by atoms with Crippen molar-refractivity contribution in [2.75, 3.05) is 16.8 Å². The highest BCUT2D eigenvalue weighted by molar-refractivity contribution is 8.00. The molecule has 4 aromatic rings. The van der Waals surface area contributed by atoms with Crippen LogP contribution in [0.4, 0.5) is 11.4 Å². The molecule has 2 amide bonds. The standard InChI is InChI=1S/C24H21N5O2S2/c1-16(23(31)28-15-22(30)25-19-11-5-6-12-20(19)28)33-24-27-26-21(14-18-10-7-13-32-18)29(24)17-8-3-2-4-9-17/h2-13,16H,14-15H2,1H3,(H,25,30)/t16-/m1/s1. The molecule has 33 heavy (non-hydrogen) atoms. The van der Waals surface area contributed by atoms with Gasteiger partial charge < -0.3 is 5.32 Å². The summed E-state index contributed by atoms with van der Waals surface area (Å²) in [6, 6.07) is 21.3. The molecule has 0 aliphatic carbocycles. The highest BCUT2D eigenvalue weighted by Gasteiger charge is 2.31. The van der Waals surface area contributed by atoms with Gasteiger partial charge in [0.05, 0.1) is 16.6 Å². The lowest BCUT2D eigenvalue weighted by Gasteiger charge is -2.30. The van der Waals surface area contributed by atoms with Crippen molar-refractivity contribution in [3.05, 3.63) is 82.8 Å². The highest BCUT2D eigenvalue weighted by Crippen LogP contribution is 2.33. The molecule has 0 bridgehead atoms. The van der Waals surface area contributed by atoms with Crippen molar-refractivity contribution in [2.45, 2.75) is 23.8 Å². The smallest absolute Gasteiger partial charge is 0.244 e. The van der Waals surface area contributed by atoms with E-state index in [-0.39, 0.29) is 18.4 Å². The van der Waals surface area contributed by atoms with Crippen LogP contribution in [-0.4, -0.2) is 38.4 Å². The Morgan fingerprint density at radius 1 is 1.09 bits per heavy atom. The average molecular weight is 476 g/mol. The predicted octanol–water partition coefficient (Wildman–Crippen LogP) is 4.39. The lowest BCUT2D eigenvalue weighted by molar-refractivity contribution is -0.121. The van der Waals surface area contributed by atoms with Gasteiger partial charge in [0.1, 0.15) is 12.4 Å². The lowest BCUT2D eigenvalue weighted by Crippen LogP contribution is -2.45. The van der Waals surface area contributed by atoms with Crippen LogP contribution >= 0.6 is 23.1 Å². The number of hydrogen-bond acceptors (Lipinski definition) is 6. The van der Waals surface area contributed by atoms with Crippen molar-refractivity contribution in [3.8, 4) is 5.69 Å². The molecule has 3 heterocycles. The molecule has 1 aliphatic heterocycles. The number of para-hydroxylation sites is 3. The van der Waals surface area contributed by atoms with Crippen molar-refractivity contribution in [1.82, 2.24) is 14.8 Å². The van der Waals surface area contributed by atoms with Crippen LogP contribution in [0.2, 0.25) is 0 Å². The molecule has 0 saturated heterocycles. The molecule has 1 N–H and O–H groups in total. The number of aromatic nitrogens is 3. The van der Waals surface area contributed by atoms with E-state index in [0.717, 1.165) is 11.5 Å². The van der Waals surface area contributed by atoms with Gasteiger partial charge in [0.15, 0.2) is 5.16 Å². The van der Waals surface area contributed by atoms with E-state index >= 15 is 0 Å². The van der Waals surface area contributed by atoms with Crippen molar-refractivity contribution in [2.24, 2.45) is 0 Å². The maximum Gasteiger partial charge on any atom is 0.244 e. The Balaban J connectivity index is 1.44. The number of thiophene rings is 1. The Bertz CT molecular complexity index is 1290.